The van der Waals surface area contributed by atoms with Gasteiger partial charge in [0.1, 0.15) is 5.76 Å². The van der Waals surface area contributed by atoms with E-state index in [0.717, 1.165) is 18.6 Å². The number of furan rings is 1. The first-order valence-corrected chi connectivity index (χ1v) is 7.69. The molecular weight excluding hydrogens is 276 g/mol. The van der Waals surface area contributed by atoms with Gasteiger partial charge in [-0.2, -0.15) is 0 Å². The van der Waals surface area contributed by atoms with E-state index in [0.29, 0.717) is 18.8 Å². The zero-order valence-corrected chi connectivity index (χ0v) is 14.4. The summed E-state index contributed by atoms with van der Waals surface area (Å²) in [4.78, 5) is 14.0. The number of hydrogen-bond donors (Lipinski definition) is 1. The molecule has 1 N–H and O–H groups in total. The Balaban J connectivity index is 2.39. The first-order valence-electron chi connectivity index (χ1n) is 7.69. The number of carbonyl (C=O) groups is 1. The summed E-state index contributed by atoms with van der Waals surface area (Å²) in [6.07, 6.45) is 6.35. The van der Waals surface area contributed by atoms with E-state index in [4.69, 9.17) is 4.42 Å². The van der Waals surface area contributed by atoms with E-state index < -0.39 is 0 Å². The van der Waals surface area contributed by atoms with Gasteiger partial charge in [-0.1, -0.05) is 23.3 Å². The van der Waals surface area contributed by atoms with Gasteiger partial charge in [-0.25, -0.2) is 0 Å². The summed E-state index contributed by atoms with van der Waals surface area (Å²) in [5.41, 5.74) is 2.62. The maximum atomic E-state index is 12.0. The van der Waals surface area contributed by atoms with Gasteiger partial charge in [-0.15, -0.1) is 0 Å². The summed E-state index contributed by atoms with van der Waals surface area (Å²) < 4.78 is 5.52. The van der Waals surface area contributed by atoms with Crippen LogP contribution in [0.2, 0.25) is 0 Å². The molecule has 122 valence electrons. The first kappa shape index (κ1) is 18.2. The van der Waals surface area contributed by atoms with Gasteiger partial charge in [0.05, 0.1) is 6.54 Å². The average molecular weight is 304 g/mol. The molecule has 0 fully saturated rings. The summed E-state index contributed by atoms with van der Waals surface area (Å²) in [7, 11) is 3.93. The lowest BCUT2D eigenvalue weighted by molar-refractivity contribution is 0.0927. The van der Waals surface area contributed by atoms with Crippen LogP contribution in [0.4, 0.5) is 0 Å². The van der Waals surface area contributed by atoms with E-state index in [2.05, 4.69) is 38.2 Å². The lowest BCUT2D eigenvalue weighted by atomic mass is 10.1. The van der Waals surface area contributed by atoms with Gasteiger partial charge in [0, 0.05) is 6.54 Å². The molecule has 0 aliphatic rings. The molecule has 0 saturated carbocycles. The second-order valence-electron chi connectivity index (χ2n) is 6.08. The van der Waals surface area contributed by atoms with Crippen LogP contribution < -0.4 is 5.32 Å². The van der Waals surface area contributed by atoms with Gasteiger partial charge in [0.25, 0.3) is 5.91 Å². The monoisotopic (exact) mass is 304 g/mol. The number of hydrogen-bond acceptors (Lipinski definition) is 3. The predicted molar refractivity (Wildman–Crippen MR) is 90.9 cm³/mol. The predicted octanol–water partition coefficient (Wildman–Crippen LogP) is 3.76. The first-order chi connectivity index (χ1) is 10.4. The van der Waals surface area contributed by atoms with Crippen LogP contribution in [0.1, 0.15) is 49.9 Å². The van der Waals surface area contributed by atoms with Crippen LogP contribution in [0.15, 0.2) is 39.8 Å². The maximum absolute atomic E-state index is 12.0. The molecule has 1 aromatic heterocycles. The SMILES string of the molecule is CC(C)=CCCC(C)=CCNC(=O)c1ccc(CN(C)C)o1. The fraction of sp³-hybridized carbons (Fsp3) is 0.500. The average Bonchev–Trinajstić information content (AvgIpc) is 2.85. The smallest absolute Gasteiger partial charge is 0.287 e. The lowest BCUT2D eigenvalue weighted by Gasteiger charge is -2.05. The fourth-order valence-corrected chi connectivity index (χ4v) is 1.99. The Kier molecular flexibility index (Phi) is 7.67. The van der Waals surface area contributed by atoms with Crippen molar-refractivity contribution in [3.8, 4) is 0 Å². The Bertz CT molecular complexity index is 535. The number of nitrogens with one attached hydrogen (secondary N) is 1. The van der Waals surface area contributed by atoms with E-state index in [9.17, 15) is 4.79 Å². The number of amides is 1. The summed E-state index contributed by atoms with van der Waals surface area (Å²) in [5, 5.41) is 2.86. The largest absolute Gasteiger partial charge is 0.455 e. The second-order valence-corrected chi connectivity index (χ2v) is 6.08. The molecule has 0 radical (unpaired) electrons. The van der Waals surface area contributed by atoms with E-state index in [1.165, 1.54) is 11.1 Å². The highest BCUT2D eigenvalue weighted by molar-refractivity contribution is 5.91. The van der Waals surface area contributed by atoms with Crippen LogP contribution in [-0.4, -0.2) is 31.4 Å². The number of allylic oxidation sites excluding steroid dienone is 3. The van der Waals surface area contributed by atoms with Crippen molar-refractivity contribution in [3.05, 3.63) is 47.0 Å². The molecular formula is C18H28N2O2. The Morgan fingerprint density at radius 1 is 1.23 bits per heavy atom. The molecule has 1 amide bonds. The minimum atomic E-state index is -0.168. The molecule has 1 rings (SSSR count). The quantitative estimate of drug-likeness (QED) is 0.744. The summed E-state index contributed by atoms with van der Waals surface area (Å²) in [6, 6.07) is 3.56. The molecule has 0 atom stereocenters. The third-order valence-electron chi connectivity index (χ3n) is 3.16. The standard InChI is InChI=1S/C18H28N2O2/c1-14(2)7-6-8-15(3)11-12-19-18(21)17-10-9-16(22-17)13-20(4)5/h7,9-11H,6,8,12-13H2,1-5H3,(H,19,21). The molecule has 0 bridgehead atoms. The lowest BCUT2D eigenvalue weighted by Crippen LogP contribution is -2.23. The van der Waals surface area contributed by atoms with Gasteiger partial charge in [0.2, 0.25) is 0 Å². The highest BCUT2D eigenvalue weighted by atomic mass is 16.4. The summed E-state index contributed by atoms with van der Waals surface area (Å²) in [5.74, 6) is 0.995. The van der Waals surface area contributed by atoms with Crippen molar-refractivity contribution in [2.45, 2.75) is 40.2 Å². The van der Waals surface area contributed by atoms with E-state index >= 15 is 0 Å². The van der Waals surface area contributed by atoms with Gasteiger partial charge >= 0.3 is 0 Å². The van der Waals surface area contributed by atoms with E-state index in [-0.39, 0.29) is 5.91 Å². The van der Waals surface area contributed by atoms with Crippen LogP contribution in [0.3, 0.4) is 0 Å². The van der Waals surface area contributed by atoms with E-state index in [1.807, 2.05) is 25.1 Å². The molecule has 22 heavy (non-hydrogen) atoms. The van der Waals surface area contributed by atoms with Crippen LogP contribution in [0.5, 0.6) is 0 Å². The molecule has 0 aromatic carbocycles. The third kappa shape index (κ3) is 7.27. The normalized spacial score (nSPS) is 11.6. The van der Waals surface area contributed by atoms with Crippen LogP contribution in [-0.2, 0) is 6.54 Å². The molecule has 0 aliphatic heterocycles. The van der Waals surface area contributed by atoms with Gasteiger partial charge in [-0.05, 0) is 59.8 Å². The molecule has 1 aromatic rings. The van der Waals surface area contributed by atoms with Crippen molar-refractivity contribution in [3.63, 3.8) is 0 Å². The molecule has 0 saturated heterocycles. The van der Waals surface area contributed by atoms with Crippen LogP contribution >= 0.6 is 0 Å². The van der Waals surface area contributed by atoms with Crippen molar-refractivity contribution in [2.24, 2.45) is 0 Å². The van der Waals surface area contributed by atoms with Crippen molar-refractivity contribution in [2.75, 3.05) is 20.6 Å². The van der Waals surface area contributed by atoms with Crippen molar-refractivity contribution in [1.82, 2.24) is 10.2 Å². The highest BCUT2D eigenvalue weighted by Gasteiger charge is 2.10. The summed E-state index contributed by atoms with van der Waals surface area (Å²) in [6.45, 7) is 7.52. The minimum Gasteiger partial charge on any atom is -0.455 e. The van der Waals surface area contributed by atoms with Crippen molar-refractivity contribution >= 4 is 5.91 Å². The van der Waals surface area contributed by atoms with Crippen molar-refractivity contribution < 1.29 is 9.21 Å². The molecule has 4 heteroatoms. The zero-order valence-electron chi connectivity index (χ0n) is 14.4. The van der Waals surface area contributed by atoms with E-state index in [1.54, 1.807) is 6.07 Å². The number of rotatable bonds is 8. The second kappa shape index (κ2) is 9.26. The molecule has 4 nitrogen and oxygen atoms in total. The highest BCUT2D eigenvalue weighted by Crippen LogP contribution is 2.09. The van der Waals surface area contributed by atoms with Crippen LogP contribution in [0.25, 0.3) is 0 Å². The Hall–Kier alpha value is -1.81. The third-order valence-corrected chi connectivity index (χ3v) is 3.16. The maximum Gasteiger partial charge on any atom is 0.287 e. The van der Waals surface area contributed by atoms with Crippen LogP contribution in [0, 0.1) is 0 Å². The molecule has 0 aliphatic carbocycles. The number of nitrogens with zero attached hydrogens (tertiary/aromatic N) is 1. The molecule has 1 heterocycles. The fourth-order valence-electron chi connectivity index (χ4n) is 1.99. The topological polar surface area (TPSA) is 45.5 Å². The van der Waals surface area contributed by atoms with Gasteiger partial charge in [-0.3, -0.25) is 4.79 Å². The zero-order chi connectivity index (χ0) is 16.5. The minimum absolute atomic E-state index is 0.168. The molecule has 0 spiro atoms. The summed E-state index contributed by atoms with van der Waals surface area (Å²) >= 11 is 0. The Labute approximate surface area is 133 Å². The Morgan fingerprint density at radius 2 is 1.95 bits per heavy atom. The molecule has 0 unspecified atom stereocenters. The van der Waals surface area contributed by atoms with Crippen molar-refractivity contribution in [1.29, 1.82) is 0 Å². The Morgan fingerprint density at radius 3 is 2.59 bits per heavy atom. The number of carbonyl (C=O) groups excluding carboxylic acids is 1. The van der Waals surface area contributed by atoms with Gasteiger partial charge in [0.15, 0.2) is 5.76 Å². The van der Waals surface area contributed by atoms with Gasteiger partial charge < -0.3 is 14.6 Å².